The number of ether oxygens (including phenoxy) is 4. The number of rotatable bonds is 11. The highest BCUT2D eigenvalue weighted by molar-refractivity contribution is 8.13. The van der Waals surface area contributed by atoms with E-state index in [9.17, 15) is 18.9 Å². The van der Waals surface area contributed by atoms with Crippen molar-refractivity contribution in [2.24, 2.45) is 5.41 Å². The van der Waals surface area contributed by atoms with Crippen LogP contribution >= 0.6 is 19.6 Å². The zero-order valence-electron chi connectivity index (χ0n) is 24.1. The summed E-state index contributed by atoms with van der Waals surface area (Å²) in [6.45, 7) is 9.01. The van der Waals surface area contributed by atoms with Crippen LogP contribution in [0.1, 0.15) is 47.8 Å². The number of nitrogen functional groups attached to an aromatic ring is 1. The SMILES string of the molecule is CCOc1nc(N)nc2c1ncn2[C@@H]1O[C@@H]2CO[P@@](=O)(OCCSC(=O)C(C)(C)COC(C)=O)O[C@H]2[C@@]1(C)OC(C)=O. The third-order valence-electron chi connectivity index (χ3n) is 6.40. The topological polar surface area (TPSA) is 203 Å². The molecule has 18 heteroatoms. The van der Waals surface area contributed by atoms with Gasteiger partial charge in [0, 0.05) is 19.6 Å². The van der Waals surface area contributed by atoms with Crippen molar-refractivity contribution in [3.05, 3.63) is 6.33 Å². The number of phosphoric acid groups is 1. The Morgan fingerprint density at radius 1 is 1.26 bits per heavy atom. The molecule has 5 atom stereocenters. The van der Waals surface area contributed by atoms with Gasteiger partial charge in [0.25, 0.3) is 0 Å². The summed E-state index contributed by atoms with van der Waals surface area (Å²) < 4.78 is 54.1. The molecule has 2 aliphatic heterocycles. The second kappa shape index (κ2) is 12.4. The number of imidazole rings is 1. The third kappa shape index (κ3) is 6.71. The molecule has 0 bridgehead atoms. The maximum atomic E-state index is 13.4. The Bertz CT molecular complexity index is 1400. The van der Waals surface area contributed by atoms with E-state index in [1.165, 1.54) is 24.7 Å². The van der Waals surface area contributed by atoms with Crippen LogP contribution in [0.3, 0.4) is 0 Å². The predicted molar refractivity (Wildman–Crippen MR) is 147 cm³/mol. The fourth-order valence-corrected chi connectivity index (χ4v) is 6.87. The first-order valence-corrected chi connectivity index (χ1v) is 15.5. The zero-order valence-corrected chi connectivity index (χ0v) is 25.8. The lowest BCUT2D eigenvalue weighted by atomic mass is 9.96. The first kappa shape index (κ1) is 32.1. The minimum Gasteiger partial charge on any atom is -0.476 e. The molecule has 0 spiro atoms. The van der Waals surface area contributed by atoms with Gasteiger partial charge in [0.15, 0.2) is 28.1 Å². The van der Waals surface area contributed by atoms with Crippen molar-refractivity contribution >= 4 is 53.8 Å². The van der Waals surface area contributed by atoms with Gasteiger partial charge in [-0.25, -0.2) is 9.55 Å². The molecule has 2 fully saturated rings. The number of hydrogen-bond donors (Lipinski definition) is 1. The zero-order chi connectivity index (χ0) is 30.9. The second-order valence-corrected chi connectivity index (χ2v) is 13.0. The Kier molecular flexibility index (Phi) is 9.50. The van der Waals surface area contributed by atoms with Crippen LogP contribution in [0.5, 0.6) is 5.88 Å². The van der Waals surface area contributed by atoms with Gasteiger partial charge >= 0.3 is 19.8 Å². The number of hydrogen-bond acceptors (Lipinski definition) is 16. The number of esters is 2. The molecule has 0 aromatic carbocycles. The number of carbonyl (C=O) groups excluding carboxylic acids is 3. The molecule has 0 saturated carbocycles. The fraction of sp³-hybridized carbons (Fsp3) is 0.667. The lowest BCUT2D eigenvalue weighted by Gasteiger charge is -2.37. The summed E-state index contributed by atoms with van der Waals surface area (Å²) in [7, 11) is -4.17. The number of anilines is 1. The Morgan fingerprint density at radius 2 is 2.00 bits per heavy atom. The molecular weight excluding hydrogens is 597 g/mol. The molecule has 4 heterocycles. The van der Waals surface area contributed by atoms with Crippen molar-refractivity contribution in [1.82, 2.24) is 19.5 Å². The van der Waals surface area contributed by atoms with E-state index in [0.29, 0.717) is 12.1 Å². The number of aromatic nitrogens is 4. The minimum absolute atomic E-state index is 0.0686. The Labute approximate surface area is 245 Å². The molecule has 4 rings (SSSR count). The monoisotopic (exact) mass is 631 g/mol. The van der Waals surface area contributed by atoms with Gasteiger partial charge in [0.05, 0.1) is 31.6 Å². The van der Waals surface area contributed by atoms with Crippen LogP contribution in [0.4, 0.5) is 5.95 Å². The largest absolute Gasteiger partial charge is 0.476 e. The van der Waals surface area contributed by atoms with Crippen LogP contribution in [-0.2, 0) is 46.7 Å². The number of fused-ring (bicyclic) bond motifs is 2. The van der Waals surface area contributed by atoms with E-state index in [1.54, 1.807) is 27.7 Å². The highest BCUT2D eigenvalue weighted by Crippen LogP contribution is 2.59. The number of nitrogens with two attached hydrogens (primary N) is 1. The highest BCUT2D eigenvalue weighted by atomic mass is 32.2. The van der Waals surface area contributed by atoms with Gasteiger partial charge in [-0.1, -0.05) is 11.8 Å². The van der Waals surface area contributed by atoms with E-state index in [4.69, 9.17) is 38.3 Å². The van der Waals surface area contributed by atoms with E-state index in [1.807, 2.05) is 0 Å². The molecule has 2 aromatic heterocycles. The van der Waals surface area contributed by atoms with Gasteiger partial charge < -0.3 is 24.7 Å². The molecular formula is C24H34N5O11PS. The predicted octanol–water partition coefficient (Wildman–Crippen LogP) is 2.42. The molecule has 0 radical (unpaired) electrons. The molecule has 2 saturated heterocycles. The Morgan fingerprint density at radius 3 is 2.67 bits per heavy atom. The summed E-state index contributed by atoms with van der Waals surface area (Å²) in [4.78, 5) is 48.6. The summed E-state index contributed by atoms with van der Waals surface area (Å²) in [5.41, 5.74) is 4.00. The Hall–Kier alpha value is -2.82. The van der Waals surface area contributed by atoms with Crippen LogP contribution in [0.15, 0.2) is 6.33 Å². The van der Waals surface area contributed by atoms with Crippen molar-refractivity contribution in [1.29, 1.82) is 0 Å². The highest BCUT2D eigenvalue weighted by Gasteiger charge is 2.63. The van der Waals surface area contributed by atoms with Crippen LogP contribution in [0.25, 0.3) is 11.2 Å². The van der Waals surface area contributed by atoms with Gasteiger partial charge in [-0.15, -0.1) is 0 Å². The lowest BCUT2D eigenvalue weighted by Crippen LogP contribution is -2.50. The van der Waals surface area contributed by atoms with Gasteiger partial charge in [0.2, 0.25) is 11.8 Å². The smallest absolute Gasteiger partial charge is 0.475 e. The van der Waals surface area contributed by atoms with Gasteiger partial charge in [-0.3, -0.25) is 32.5 Å². The van der Waals surface area contributed by atoms with Gasteiger partial charge in [0.1, 0.15) is 18.8 Å². The summed E-state index contributed by atoms with van der Waals surface area (Å²) >= 11 is 0.931. The average Bonchev–Trinajstić information content (AvgIpc) is 3.43. The lowest BCUT2D eigenvalue weighted by molar-refractivity contribution is -0.175. The third-order valence-corrected chi connectivity index (χ3v) is 9.03. The van der Waals surface area contributed by atoms with E-state index in [2.05, 4.69) is 15.0 Å². The molecule has 0 aliphatic carbocycles. The van der Waals surface area contributed by atoms with Crippen molar-refractivity contribution in [3.8, 4) is 5.88 Å². The molecule has 0 unspecified atom stereocenters. The maximum Gasteiger partial charge on any atom is 0.475 e. The Balaban J connectivity index is 1.49. The minimum atomic E-state index is -4.17. The fourth-order valence-electron chi connectivity index (χ4n) is 4.48. The quantitative estimate of drug-likeness (QED) is 0.215. The van der Waals surface area contributed by atoms with Crippen LogP contribution in [-0.4, -0.2) is 86.6 Å². The van der Waals surface area contributed by atoms with Crippen LogP contribution in [0.2, 0.25) is 0 Å². The standard InChI is InChI=1S/C24H34N5O11PS/c1-7-34-19-16-18(27-22(25)28-19)29(12-26-16)20-24(6,39-14(3)31)17-15(38-20)10-37-41(33,40-17)36-8-9-42-21(32)23(4,5)11-35-13(2)30/h12,15,17,20H,7-11H2,1-6H3,(H2,25,27,28)/t15-,17-,20-,24-,41-/m1/s1. The molecule has 232 valence electrons. The molecule has 16 nitrogen and oxygen atoms in total. The molecule has 2 N–H and O–H groups in total. The van der Waals surface area contributed by atoms with Crippen LogP contribution < -0.4 is 10.5 Å². The summed E-state index contributed by atoms with van der Waals surface area (Å²) in [5.74, 6) is -0.900. The van der Waals surface area contributed by atoms with E-state index >= 15 is 0 Å². The van der Waals surface area contributed by atoms with Crippen LogP contribution in [0, 0.1) is 5.41 Å². The molecule has 2 aliphatic rings. The van der Waals surface area contributed by atoms with Crippen molar-refractivity contribution < 1.29 is 51.5 Å². The molecule has 2 aromatic rings. The first-order chi connectivity index (χ1) is 19.7. The van der Waals surface area contributed by atoms with Gasteiger partial charge in [-0.2, -0.15) is 9.97 Å². The summed E-state index contributed by atoms with van der Waals surface area (Å²) in [6.07, 6.45) is -1.52. The normalized spacial score (nSPS) is 27.4. The number of nitrogens with zero attached hydrogens (tertiary/aromatic N) is 4. The number of thioether (sulfide) groups is 1. The van der Waals surface area contributed by atoms with E-state index in [-0.39, 0.29) is 48.2 Å². The van der Waals surface area contributed by atoms with E-state index in [0.717, 1.165) is 11.8 Å². The molecule has 42 heavy (non-hydrogen) atoms. The average molecular weight is 632 g/mol. The van der Waals surface area contributed by atoms with Crippen molar-refractivity contribution in [2.45, 2.75) is 65.6 Å². The van der Waals surface area contributed by atoms with Crippen molar-refractivity contribution in [3.63, 3.8) is 0 Å². The van der Waals surface area contributed by atoms with Crippen molar-refractivity contribution in [2.75, 3.05) is 37.9 Å². The van der Waals surface area contributed by atoms with Gasteiger partial charge in [-0.05, 0) is 27.7 Å². The number of phosphoric ester groups is 1. The summed E-state index contributed by atoms with van der Waals surface area (Å²) in [6, 6.07) is 0. The summed E-state index contributed by atoms with van der Waals surface area (Å²) in [5, 5.41) is -0.241. The maximum absolute atomic E-state index is 13.4. The van der Waals surface area contributed by atoms with E-state index < -0.39 is 49.2 Å². The second-order valence-electron chi connectivity index (χ2n) is 10.4. The number of carbonyl (C=O) groups is 3. The molecule has 0 amide bonds. The first-order valence-electron chi connectivity index (χ1n) is 13.0.